The van der Waals surface area contributed by atoms with E-state index in [1.54, 1.807) is 44.2 Å². The van der Waals surface area contributed by atoms with Crippen LogP contribution in [0.5, 0.6) is 11.5 Å². The molecule has 0 saturated carbocycles. The van der Waals surface area contributed by atoms with Crippen molar-refractivity contribution < 1.29 is 37.3 Å². The number of para-hydroxylation sites is 1. The molecule has 0 saturated heterocycles. The van der Waals surface area contributed by atoms with Crippen molar-refractivity contribution in [3.8, 4) is 17.2 Å². The summed E-state index contributed by atoms with van der Waals surface area (Å²) in [6.45, 7) is 6.26. The number of nitrogens with zero attached hydrogens (tertiary/aromatic N) is 3. The number of aromatic nitrogens is 2. The molecule has 1 N–H and O–H groups in total. The van der Waals surface area contributed by atoms with E-state index in [1.165, 1.54) is 25.1 Å². The number of alkyl halides is 3. The Morgan fingerprint density at radius 2 is 1.88 bits per heavy atom. The molecule has 1 unspecified atom stereocenters. The van der Waals surface area contributed by atoms with Gasteiger partial charge < -0.3 is 19.5 Å². The topological polar surface area (TPSA) is 93.9 Å². The molecule has 1 aromatic heterocycles. The van der Waals surface area contributed by atoms with Gasteiger partial charge in [-0.25, -0.2) is 4.98 Å². The summed E-state index contributed by atoms with van der Waals surface area (Å²) in [6.07, 6.45) is -5.85. The predicted octanol–water partition coefficient (Wildman–Crippen LogP) is 6.08. The van der Waals surface area contributed by atoms with E-state index >= 15 is 0 Å². The van der Waals surface area contributed by atoms with E-state index in [2.05, 4.69) is 4.98 Å². The smallest absolute Gasteiger partial charge is 0.471 e. The van der Waals surface area contributed by atoms with Crippen LogP contribution < -0.4 is 9.64 Å². The number of imidazole rings is 1. The van der Waals surface area contributed by atoms with Crippen LogP contribution in [-0.4, -0.2) is 38.8 Å². The van der Waals surface area contributed by atoms with Gasteiger partial charge in [0.25, 0.3) is 0 Å². The number of phenolic OH excluding ortho intramolecular Hbond substituents is 1. The number of hydrogen-bond acceptors (Lipinski definition) is 6. The van der Waals surface area contributed by atoms with Gasteiger partial charge in [0, 0.05) is 30.7 Å². The summed E-state index contributed by atoms with van der Waals surface area (Å²) in [4.78, 5) is 29.5. The van der Waals surface area contributed by atoms with Crippen LogP contribution in [0.1, 0.15) is 49.4 Å². The van der Waals surface area contributed by atoms with Crippen molar-refractivity contribution in [1.82, 2.24) is 9.55 Å². The van der Waals surface area contributed by atoms with Gasteiger partial charge in [0.2, 0.25) is 0 Å². The quantitative estimate of drug-likeness (QED) is 0.284. The predicted molar refractivity (Wildman–Crippen MR) is 145 cm³/mol. The van der Waals surface area contributed by atoms with Crippen LogP contribution in [0, 0.1) is 6.92 Å². The minimum atomic E-state index is -5.13. The zero-order chi connectivity index (χ0) is 29.6. The number of benzene rings is 3. The highest BCUT2D eigenvalue weighted by Crippen LogP contribution is 2.42. The van der Waals surface area contributed by atoms with Crippen molar-refractivity contribution in [3.63, 3.8) is 0 Å². The number of aromatic hydroxyl groups is 1. The lowest BCUT2D eigenvalue weighted by Gasteiger charge is -2.26. The highest BCUT2D eigenvalue weighted by atomic mass is 19.4. The number of amides is 1. The van der Waals surface area contributed by atoms with Crippen molar-refractivity contribution in [2.75, 3.05) is 4.90 Å². The lowest BCUT2D eigenvalue weighted by Crippen LogP contribution is -2.41. The Morgan fingerprint density at radius 3 is 2.56 bits per heavy atom. The second-order valence-corrected chi connectivity index (χ2v) is 9.89. The van der Waals surface area contributed by atoms with E-state index in [4.69, 9.17) is 9.47 Å². The van der Waals surface area contributed by atoms with Crippen LogP contribution in [-0.2, 0) is 27.3 Å². The van der Waals surface area contributed by atoms with Gasteiger partial charge in [0.1, 0.15) is 28.9 Å². The molecule has 8 nitrogen and oxygen atoms in total. The second-order valence-electron chi connectivity index (χ2n) is 9.89. The second kappa shape index (κ2) is 10.5. The van der Waals surface area contributed by atoms with E-state index in [9.17, 15) is 27.9 Å². The largest absolute Gasteiger partial charge is 0.506 e. The van der Waals surface area contributed by atoms with Crippen LogP contribution >= 0.6 is 0 Å². The maximum atomic E-state index is 13.8. The van der Waals surface area contributed by atoms with Gasteiger partial charge in [-0.15, -0.1) is 0 Å². The van der Waals surface area contributed by atoms with E-state index in [1.807, 2.05) is 17.6 Å². The zero-order valence-corrected chi connectivity index (χ0v) is 22.8. The Bertz CT molecular complexity index is 1660. The molecule has 0 fully saturated rings. The van der Waals surface area contributed by atoms with Crippen LogP contribution in [0.25, 0.3) is 16.7 Å². The molecule has 2 heterocycles. The van der Waals surface area contributed by atoms with Gasteiger partial charge >= 0.3 is 18.1 Å². The van der Waals surface area contributed by atoms with Crippen LogP contribution in [0.3, 0.4) is 0 Å². The molecular weight excluding hydrogens is 539 g/mol. The molecule has 11 heteroatoms. The fraction of sp³-hybridized carbons (Fsp3) is 0.300. The Labute approximate surface area is 233 Å². The number of fused-ring (bicyclic) bond motifs is 2. The molecule has 4 aromatic rings. The Kier molecular flexibility index (Phi) is 7.14. The SMILES string of the molecule is CCc1nc2c(O)cccc2n1-c1cccc(CN(C(=O)C(F)(F)F)c2ccc3c(c2)OC(C)[C@H]3OC(C)=O)c1C. The van der Waals surface area contributed by atoms with Crippen molar-refractivity contribution >= 4 is 28.6 Å². The number of anilines is 1. The molecule has 41 heavy (non-hydrogen) atoms. The molecule has 1 aliphatic heterocycles. The maximum Gasteiger partial charge on any atom is 0.471 e. The average Bonchev–Trinajstić information content (AvgIpc) is 3.44. The number of ether oxygens (including phenoxy) is 2. The molecule has 2 atom stereocenters. The first kappa shape index (κ1) is 28.0. The molecule has 0 bridgehead atoms. The molecule has 1 amide bonds. The van der Waals surface area contributed by atoms with E-state index in [-0.39, 0.29) is 23.7 Å². The fourth-order valence-corrected chi connectivity index (χ4v) is 5.21. The molecule has 1 aliphatic rings. The summed E-state index contributed by atoms with van der Waals surface area (Å²) in [5.41, 5.74) is 3.36. The van der Waals surface area contributed by atoms with Gasteiger partial charge in [-0.3, -0.25) is 14.2 Å². The third kappa shape index (κ3) is 5.07. The molecular formula is C30H28F3N3O5. The average molecular weight is 568 g/mol. The van der Waals surface area contributed by atoms with Crippen molar-refractivity contribution in [2.45, 2.75) is 59.0 Å². The fourth-order valence-electron chi connectivity index (χ4n) is 5.21. The number of carbonyl (C=O) groups is 2. The first-order valence-corrected chi connectivity index (χ1v) is 13.0. The van der Waals surface area contributed by atoms with Gasteiger partial charge in [0.05, 0.1) is 17.7 Å². The van der Waals surface area contributed by atoms with Gasteiger partial charge in [0.15, 0.2) is 6.10 Å². The summed E-state index contributed by atoms with van der Waals surface area (Å²) >= 11 is 0. The highest BCUT2D eigenvalue weighted by molar-refractivity contribution is 5.97. The lowest BCUT2D eigenvalue weighted by molar-refractivity contribution is -0.170. The first-order valence-electron chi connectivity index (χ1n) is 13.0. The maximum absolute atomic E-state index is 13.8. The number of rotatable bonds is 6. The van der Waals surface area contributed by atoms with Crippen LogP contribution in [0.4, 0.5) is 18.9 Å². The minimum Gasteiger partial charge on any atom is -0.506 e. The standard InChI is InChI=1S/C30H28F3N3O5/c1-5-26-34-27-23(10-7-11-24(27)38)36(26)22-9-6-8-19(16(22)2)15-35(29(39)30(31,32)33)20-12-13-21-25(14-20)40-17(3)28(21)41-18(4)37/h6-14,17,28,38H,5,15H2,1-4H3/t17?,28-/m1/s1. The van der Waals surface area contributed by atoms with Crippen molar-refractivity contribution in [2.24, 2.45) is 0 Å². The summed E-state index contributed by atoms with van der Waals surface area (Å²) in [5, 5.41) is 10.3. The molecule has 0 radical (unpaired) electrons. The summed E-state index contributed by atoms with van der Waals surface area (Å²) in [7, 11) is 0. The van der Waals surface area contributed by atoms with Gasteiger partial charge in [-0.05, 0) is 55.3 Å². The number of aryl methyl sites for hydroxylation is 1. The Morgan fingerprint density at radius 1 is 1.15 bits per heavy atom. The minimum absolute atomic E-state index is 0.0150. The number of halogens is 3. The van der Waals surface area contributed by atoms with Crippen LogP contribution in [0.2, 0.25) is 0 Å². The number of esters is 1. The number of carbonyl (C=O) groups excluding carboxylic acids is 2. The Balaban J connectivity index is 1.58. The number of phenols is 1. The first-order chi connectivity index (χ1) is 19.4. The van der Waals surface area contributed by atoms with Crippen molar-refractivity contribution in [1.29, 1.82) is 0 Å². The third-order valence-electron chi connectivity index (χ3n) is 7.17. The number of hydrogen-bond donors (Lipinski definition) is 1. The molecule has 214 valence electrons. The third-order valence-corrected chi connectivity index (χ3v) is 7.17. The molecule has 5 rings (SSSR count). The monoisotopic (exact) mass is 567 g/mol. The van der Waals surface area contributed by atoms with E-state index in [0.29, 0.717) is 50.6 Å². The van der Waals surface area contributed by atoms with E-state index < -0.39 is 30.3 Å². The summed E-state index contributed by atoms with van der Waals surface area (Å²) < 4.78 is 54.4. The molecule has 0 spiro atoms. The zero-order valence-electron chi connectivity index (χ0n) is 22.8. The summed E-state index contributed by atoms with van der Waals surface area (Å²) in [5.74, 6) is -1.62. The highest BCUT2D eigenvalue weighted by Gasteiger charge is 2.44. The van der Waals surface area contributed by atoms with E-state index in [0.717, 1.165) is 0 Å². The van der Waals surface area contributed by atoms with Crippen LogP contribution in [0.15, 0.2) is 54.6 Å². The summed E-state index contributed by atoms with van der Waals surface area (Å²) in [6, 6.07) is 14.5. The Hall–Kier alpha value is -4.54. The van der Waals surface area contributed by atoms with Gasteiger partial charge in [-0.2, -0.15) is 13.2 Å². The normalized spacial score (nSPS) is 16.4. The lowest BCUT2D eigenvalue weighted by atomic mass is 10.0. The van der Waals surface area contributed by atoms with Gasteiger partial charge in [-0.1, -0.05) is 25.1 Å². The molecule has 0 aliphatic carbocycles. The van der Waals surface area contributed by atoms with Crippen molar-refractivity contribution in [3.05, 3.63) is 77.1 Å². The molecule has 3 aromatic carbocycles.